The van der Waals surface area contributed by atoms with Gasteiger partial charge in [0.1, 0.15) is 6.54 Å². The molecule has 1 aromatic carbocycles. The number of aromatic nitrogens is 4. The monoisotopic (exact) mass is 348 g/mol. The lowest BCUT2D eigenvalue weighted by molar-refractivity contribution is 0.0961. The van der Waals surface area contributed by atoms with Gasteiger partial charge in [-0.05, 0) is 28.8 Å². The van der Waals surface area contributed by atoms with E-state index in [9.17, 15) is 4.79 Å². The van der Waals surface area contributed by atoms with E-state index in [1.165, 1.54) is 16.1 Å². The molecule has 100 valence electrons. The van der Waals surface area contributed by atoms with Crippen LogP contribution in [0.5, 0.6) is 0 Å². The maximum absolute atomic E-state index is 12.1. The molecule has 3 rings (SSSR count). The predicted molar refractivity (Wildman–Crippen MR) is 79.6 cm³/mol. The SMILES string of the molecule is O=C(Cn1nnc(-c2cccs2)n1)c1cccc(Br)c1. The quantitative estimate of drug-likeness (QED) is 0.680. The first kappa shape index (κ1) is 13.1. The molecular weight excluding hydrogens is 340 g/mol. The molecule has 0 saturated heterocycles. The minimum Gasteiger partial charge on any atom is -0.292 e. The van der Waals surface area contributed by atoms with E-state index in [0.29, 0.717) is 11.4 Å². The Kier molecular flexibility index (Phi) is 3.70. The van der Waals surface area contributed by atoms with Gasteiger partial charge in [-0.15, -0.1) is 21.5 Å². The van der Waals surface area contributed by atoms with Crippen LogP contribution >= 0.6 is 27.3 Å². The topological polar surface area (TPSA) is 60.7 Å². The zero-order valence-corrected chi connectivity index (χ0v) is 12.6. The minimum absolute atomic E-state index is 0.0542. The summed E-state index contributed by atoms with van der Waals surface area (Å²) >= 11 is 4.88. The van der Waals surface area contributed by atoms with Gasteiger partial charge in [-0.2, -0.15) is 4.80 Å². The average Bonchev–Trinajstić information content (AvgIpc) is 3.08. The van der Waals surface area contributed by atoms with E-state index in [0.717, 1.165) is 9.35 Å². The Bertz CT molecular complexity index is 738. The molecule has 0 aliphatic heterocycles. The number of nitrogens with zero attached hydrogens (tertiary/aromatic N) is 4. The highest BCUT2D eigenvalue weighted by atomic mass is 79.9. The van der Waals surface area contributed by atoms with Crippen LogP contribution in [0, 0.1) is 0 Å². The van der Waals surface area contributed by atoms with E-state index in [1.54, 1.807) is 12.1 Å². The van der Waals surface area contributed by atoms with Crippen molar-refractivity contribution in [2.75, 3.05) is 0 Å². The van der Waals surface area contributed by atoms with Crippen LogP contribution in [-0.2, 0) is 6.54 Å². The molecule has 0 aliphatic rings. The molecule has 0 radical (unpaired) electrons. The number of hydrogen-bond donors (Lipinski definition) is 0. The van der Waals surface area contributed by atoms with E-state index in [1.807, 2.05) is 29.6 Å². The minimum atomic E-state index is -0.0542. The van der Waals surface area contributed by atoms with E-state index in [-0.39, 0.29) is 12.3 Å². The second kappa shape index (κ2) is 5.64. The number of Topliss-reactive ketones (excluding diaryl/α,β-unsaturated/α-hetero) is 1. The molecule has 0 amide bonds. The number of tetrazole rings is 1. The van der Waals surface area contributed by atoms with Crippen LogP contribution in [0.1, 0.15) is 10.4 Å². The molecule has 3 aromatic rings. The maximum atomic E-state index is 12.1. The number of hydrogen-bond acceptors (Lipinski definition) is 5. The summed E-state index contributed by atoms with van der Waals surface area (Å²) in [7, 11) is 0. The highest BCUT2D eigenvalue weighted by Gasteiger charge is 2.11. The smallest absolute Gasteiger partial charge is 0.214 e. The van der Waals surface area contributed by atoms with E-state index >= 15 is 0 Å². The van der Waals surface area contributed by atoms with E-state index < -0.39 is 0 Å². The normalized spacial score (nSPS) is 10.7. The Morgan fingerprint density at radius 3 is 2.95 bits per heavy atom. The van der Waals surface area contributed by atoms with Gasteiger partial charge in [0.05, 0.1) is 4.88 Å². The number of rotatable bonds is 4. The highest BCUT2D eigenvalue weighted by Crippen LogP contribution is 2.19. The molecule has 0 unspecified atom stereocenters. The van der Waals surface area contributed by atoms with Crippen molar-refractivity contribution in [2.45, 2.75) is 6.54 Å². The third kappa shape index (κ3) is 2.83. The third-order valence-corrected chi connectivity index (χ3v) is 3.99. The van der Waals surface area contributed by atoms with Crippen molar-refractivity contribution >= 4 is 33.0 Å². The van der Waals surface area contributed by atoms with Crippen molar-refractivity contribution in [2.24, 2.45) is 0 Å². The molecule has 5 nitrogen and oxygen atoms in total. The van der Waals surface area contributed by atoms with Gasteiger partial charge in [0, 0.05) is 10.0 Å². The average molecular weight is 349 g/mol. The number of halogens is 1. The van der Waals surface area contributed by atoms with Crippen LogP contribution in [-0.4, -0.2) is 26.0 Å². The van der Waals surface area contributed by atoms with Crippen molar-refractivity contribution in [3.8, 4) is 10.7 Å². The first-order valence-electron chi connectivity index (χ1n) is 5.83. The van der Waals surface area contributed by atoms with Crippen LogP contribution in [0.15, 0.2) is 46.3 Å². The van der Waals surface area contributed by atoms with Crippen LogP contribution in [0.3, 0.4) is 0 Å². The second-order valence-corrected chi connectivity index (χ2v) is 5.92. The fourth-order valence-corrected chi connectivity index (χ4v) is 2.74. The van der Waals surface area contributed by atoms with Gasteiger partial charge in [-0.1, -0.05) is 34.1 Å². The summed E-state index contributed by atoms with van der Waals surface area (Å²) in [6, 6.07) is 11.1. The van der Waals surface area contributed by atoms with Gasteiger partial charge < -0.3 is 0 Å². The van der Waals surface area contributed by atoms with Crippen molar-refractivity contribution in [1.82, 2.24) is 20.2 Å². The molecule has 0 N–H and O–H groups in total. The summed E-state index contributed by atoms with van der Waals surface area (Å²) < 4.78 is 0.870. The summed E-state index contributed by atoms with van der Waals surface area (Å²) in [5.74, 6) is 0.489. The summed E-state index contributed by atoms with van der Waals surface area (Å²) in [5, 5.41) is 14.0. The molecule has 0 bridgehead atoms. The van der Waals surface area contributed by atoms with Crippen molar-refractivity contribution in [3.63, 3.8) is 0 Å². The van der Waals surface area contributed by atoms with Gasteiger partial charge in [-0.25, -0.2) is 0 Å². The Morgan fingerprint density at radius 1 is 1.30 bits per heavy atom. The van der Waals surface area contributed by atoms with Crippen molar-refractivity contribution in [3.05, 3.63) is 51.8 Å². The lowest BCUT2D eigenvalue weighted by Gasteiger charge is -2.00. The standard InChI is InChI=1S/C13H9BrN4OS/c14-10-4-1-3-9(7-10)11(19)8-18-16-13(15-17-18)12-5-2-6-20-12/h1-7H,8H2. The number of ketones is 1. The van der Waals surface area contributed by atoms with E-state index in [2.05, 4.69) is 31.3 Å². The largest absolute Gasteiger partial charge is 0.292 e. The Morgan fingerprint density at radius 2 is 2.20 bits per heavy atom. The maximum Gasteiger partial charge on any atom is 0.214 e. The molecule has 0 saturated carbocycles. The molecule has 20 heavy (non-hydrogen) atoms. The van der Waals surface area contributed by atoms with Crippen LogP contribution in [0.25, 0.3) is 10.7 Å². The number of thiophene rings is 1. The van der Waals surface area contributed by atoms with Gasteiger partial charge in [0.15, 0.2) is 5.78 Å². The van der Waals surface area contributed by atoms with Gasteiger partial charge in [0.25, 0.3) is 0 Å². The summed E-state index contributed by atoms with van der Waals surface area (Å²) in [6.45, 7) is 0.0782. The molecule has 0 atom stereocenters. The zero-order valence-electron chi connectivity index (χ0n) is 10.2. The number of carbonyl (C=O) groups excluding carboxylic acids is 1. The highest BCUT2D eigenvalue weighted by molar-refractivity contribution is 9.10. The lowest BCUT2D eigenvalue weighted by Crippen LogP contribution is -2.13. The lowest BCUT2D eigenvalue weighted by atomic mass is 10.1. The fraction of sp³-hybridized carbons (Fsp3) is 0.0769. The van der Waals surface area contributed by atoms with E-state index in [4.69, 9.17) is 0 Å². The molecule has 2 aromatic heterocycles. The van der Waals surface area contributed by atoms with Gasteiger partial charge in [-0.3, -0.25) is 4.79 Å². The van der Waals surface area contributed by atoms with Gasteiger partial charge >= 0.3 is 0 Å². The number of carbonyl (C=O) groups is 1. The first-order valence-corrected chi connectivity index (χ1v) is 7.50. The molecule has 0 spiro atoms. The van der Waals surface area contributed by atoms with Crippen LogP contribution < -0.4 is 0 Å². The van der Waals surface area contributed by atoms with Crippen LogP contribution in [0.4, 0.5) is 0 Å². The third-order valence-electron chi connectivity index (χ3n) is 2.63. The molecule has 2 heterocycles. The summed E-state index contributed by atoms with van der Waals surface area (Å²) in [4.78, 5) is 14.4. The predicted octanol–water partition coefficient (Wildman–Crippen LogP) is 3.05. The Hall–Kier alpha value is -1.86. The molecule has 0 fully saturated rings. The molecule has 0 aliphatic carbocycles. The summed E-state index contributed by atoms with van der Waals surface area (Å²) in [6.07, 6.45) is 0. The second-order valence-electron chi connectivity index (χ2n) is 4.05. The van der Waals surface area contributed by atoms with Crippen molar-refractivity contribution in [1.29, 1.82) is 0 Å². The fourth-order valence-electron chi connectivity index (χ4n) is 1.70. The van der Waals surface area contributed by atoms with Crippen molar-refractivity contribution < 1.29 is 4.79 Å². The first-order chi connectivity index (χ1) is 9.72. The molecule has 7 heteroatoms. The Balaban J connectivity index is 1.77. The van der Waals surface area contributed by atoms with Crippen LogP contribution in [0.2, 0.25) is 0 Å². The van der Waals surface area contributed by atoms with Gasteiger partial charge in [0.2, 0.25) is 5.82 Å². The Labute approximate surface area is 127 Å². The zero-order chi connectivity index (χ0) is 13.9. The summed E-state index contributed by atoms with van der Waals surface area (Å²) in [5.41, 5.74) is 0.620. The molecular formula is C13H9BrN4OS. The number of benzene rings is 1.